The molecule has 1 fully saturated rings. The van der Waals surface area contributed by atoms with Crippen LogP contribution in [0, 0.1) is 5.92 Å². The number of amides is 2. The quantitative estimate of drug-likeness (QED) is 0.259. The fraction of sp³-hybridized carbons (Fsp3) is 0.345. The number of hydrogen-bond acceptors (Lipinski definition) is 8. The first-order valence-electron chi connectivity index (χ1n) is 13.4. The third kappa shape index (κ3) is 5.42. The average Bonchev–Trinajstić information content (AvgIpc) is 3.73. The number of carbonyl (C=O) groups excluding carboxylic acids is 2. The molecule has 0 saturated heterocycles. The SMILES string of the molecule is COc1nc(-c2ccnc(NC(=O)C3CC3)c2)sc1C(=O)NCCNc1c2c(nc3ccccc13)CCCC2. The van der Waals surface area contributed by atoms with Gasteiger partial charge in [-0.05, 0) is 62.3 Å². The zero-order valence-corrected chi connectivity index (χ0v) is 22.6. The number of anilines is 2. The Morgan fingerprint density at radius 1 is 1.08 bits per heavy atom. The lowest BCUT2D eigenvalue weighted by Gasteiger charge is -2.21. The van der Waals surface area contributed by atoms with Crippen LogP contribution in [0.4, 0.5) is 11.5 Å². The Hall–Kier alpha value is -4.05. The van der Waals surface area contributed by atoms with Crippen LogP contribution in [-0.2, 0) is 17.6 Å². The van der Waals surface area contributed by atoms with Crippen LogP contribution in [-0.4, -0.2) is 47.0 Å². The predicted octanol–water partition coefficient (Wildman–Crippen LogP) is 4.83. The number of methoxy groups -OCH3 is 1. The molecule has 3 N–H and O–H groups in total. The summed E-state index contributed by atoms with van der Waals surface area (Å²) in [6.45, 7) is 1.02. The van der Waals surface area contributed by atoms with E-state index in [0.717, 1.165) is 54.3 Å². The topological polar surface area (TPSA) is 118 Å². The van der Waals surface area contributed by atoms with Gasteiger partial charge in [-0.3, -0.25) is 14.6 Å². The normalized spacial score (nSPS) is 14.5. The first-order chi connectivity index (χ1) is 19.1. The van der Waals surface area contributed by atoms with Gasteiger partial charge in [0.15, 0.2) is 4.88 Å². The van der Waals surface area contributed by atoms with Gasteiger partial charge in [-0.25, -0.2) is 9.97 Å². The molecule has 3 heterocycles. The molecule has 0 spiro atoms. The summed E-state index contributed by atoms with van der Waals surface area (Å²) in [7, 11) is 1.50. The molecule has 0 radical (unpaired) electrons. The zero-order valence-electron chi connectivity index (χ0n) is 21.8. The Kier molecular flexibility index (Phi) is 7.10. The van der Waals surface area contributed by atoms with E-state index in [0.29, 0.717) is 28.8 Å². The Labute approximate surface area is 230 Å². The van der Waals surface area contributed by atoms with Crippen LogP contribution in [0.3, 0.4) is 0 Å². The number of thiazole rings is 1. The molecule has 2 aliphatic rings. The van der Waals surface area contributed by atoms with Crippen molar-refractivity contribution in [1.29, 1.82) is 0 Å². The molecular weight excluding hydrogens is 512 g/mol. The van der Waals surface area contributed by atoms with Gasteiger partial charge in [-0.1, -0.05) is 18.2 Å². The van der Waals surface area contributed by atoms with Crippen molar-refractivity contribution in [1.82, 2.24) is 20.3 Å². The van der Waals surface area contributed by atoms with Crippen LogP contribution in [0.5, 0.6) is 5.88 Å². The Bertz CT molecular complexity index is 1550. The second-order valence-electron chi connectivity index (χ2n) is 9.87. The molecule has 2 amide bonds. The Morgan fingerprint density at radius 2 is 1.92 bits per heavy atom. The number of benzene rings is 1. The summed E-state index contributed by atoms with van der Waals surface area (Å²) in [6.07, 6.45) is 7.82. The number of nitrogens with zero attached hydrogens (tertiary/aromatic N) is 3. The third-order valence-electron chi connectivity index (χ3n) is 7.08. The van der Waals surface area contributed by atoms with E-state index in [1.165, 1.54) is 36.1 Å². The number of ether oxygens (including phenoxy) is 1. The number of para-hydroxylation sites is 1. The molecule has 6 rings (SSSR count). The maximum atomic E-state index is 13.1. The lowest BCUT2D eigenvalue weighted by molar-refractivity contribution is -0.117. The first-order valence-corrected chi connectivity index (χ1v) is 14.2. The second-order valence-corrected chi connectivity index (χ2v) is 10.9. The van der Waals surface area contributed by atoms with E-state index in [2.05, 4.69) is 38.1 Å². The lowest BCUT2D eigenvalue weighted by atomic mass is 9.92. The minimum atomic E-state index is -0.240. The minimum Gasteiger partial charge on any atom is -0.480 e. The molecule has 1 aromatic carbocycles. The van der Waals surface area contributed by atoms with Crippen LogP contribution < -0.4 is 20.7 Å². The first kappa shape index (κ1) is 25.2. The summed E-state index contributed by atoms with van der Waals surface area (Å²) in [5.41, 5.74) is 5.36. The van der Waals surface area contributed by atoms with Crippen molar-refractivity contribution in [3.63, 3.8) is 0 Å². The molecular formula is C29H30N6O3S. The van der Waals surface area contributed by atoms with E-state index >= 15 is 0 Å². The molecule has 9 nitrogen and oxygen atoms in total. The number of nitrogens with one attached hydrogen (secondary N) is 3. The van der Waals surface area contributed by atoms with Crippen molar-refractivity contribution >= 4 is 45.6 Å². The van der Waals surface area contributed by atoms with Crippen LogP contribution in [0.1, 0.15) is 46.6 Å². The van der Waals surface area contributed by atoms with E-state index in [1.807, 2.05) is 12.1 Å². The number of hydrogen-bond donors (Lipinski definition) is 3. The largest absolute Gasteiger partial charge is 0.480 e. The van der Waals surface area contributed by atoms with Gasteiger partial charge < -0.3 is 20.7 Å². The van der Waals surface area contributed by atoms with Gasteiger partial charge in [0.25, 0.3) is 5.91 Å². The zero-order chi connectivity index (χ0) is 26.8. The minimum absolute atomic E-state index is 0.00896. The predicted molar refractivity (Wildman–Crippen MR) is 152 cm³/mol. The standard InChI is InChI=1S/C29H30N6O3S/c1-38-28-25(39-29(35-28)18-12-13-30-23(16-18)34-26(36)17-10-11-17)27(37)32-15-14-31-24-19-6-2-4-8-21(19)33-22-9-5-3-7-20(22)24/h2,4,6,8,12-13,16-17H,3,5,7,9-11,14-15H2,1H3,(H,31,33)(H,32,37)(H,30,34,36). The Morgan fingerprint density at radius 3 is 2.77 bits per heavy atom. The van der Waals surface area contributed by atoms with Gasteiger partial charge in [0.2, 0.25) is 11.8 Å². The molecule has 2 aliphatic carbocycles. The van der Waals surface area contributed by atoms with Crippen molar-refractivity contribution in [3.05, 3.63) is 58.7 Å². The summed E-state index contributed by atoms with van der Waals surface area (Å²) >= 11 is 1.25. The molecule has 10 heteroatoms. The van der Waals surface area contributed by atoms with E-state index < -0.39 is 0 Å². The summed E-state index contributed by atoms with van der Waals surface area (Å²) < 4.78 is 5.42. The van der Waals surface area contributed by atoms with Crippen molar-refractivity contribution in [2.24, 2.45) is 5.92 Å². The molecule has 39 heavy (non-hydrogen) atoms. The van der Waals surface area contributed by atoms with Gasteiger partial charge in [0.05, 0.1) is 12.6 Å². The summed E-state index contributed by atoms with van der Waals surface area (Å²) in [5.74, 6) is 0.583. The molecule has 0 aliphatic heterocycles. The molecule has 4 aromatic rings. The highest BCUT2D eigenvalue weighted by Crippen LogP contribution is 2.35. The fourth-order valence-corrected chi connectivity index (χ4v) is 5.88. The van der Waals surface area contributed by atoms with E-state index in [4.69, 9.17) is 9.72 Å². The fourth-order valence-electron chi connectivity index (χ4n) is 4.94. The molecule has 0 atom stereocenters. The highest BCUT2D eigenvalue weighted by molar-refractivity contribution is 7.17. The van der Waals surface area contributed by atoms with Crippen LogP contribution in [0.2, 0.25) is 0 Å². The summed E-state index contributed by atoms with van der Waals surface area (Å²) in [4.78, 5) is 39.3. The second kappa shape index (κ2) is 11.0. The van der Waals surface area contributed by atoms with Gasteiger partial charge >= 0.3 is 0 Å². The number of aryl methyl sites for hydroxylation is 1. The number of aromatic nitrogens is 3. The number of fused-ring (bicyclic) bond motifs is 2. The summed E-state index contributed by atoms with van der Waals surface area (Å²) in [5, 5.41) is 11.2. The van der Waals surface area contributed by atoms with Gasteiger partial charge in [0, 0.05) is 47.5 Å². The molecule has 3 aromatic heterocycles. The lowest BCUT2D eigenvalue weighted by Crippen LogP contribution is -2.28. The third-order valence-corrected chi connectivity index (χ3v) is 8.17. The van der Waals surface area contributed by atoms with Crippen molar-refractivity contribution in [2.45, 2.75) is 38.5 Å². The van der Waals surface area contributed by atoms with Crippen LogP contribution >= 0.6 is 11.3 Å². The highest BCUT2D eigenvalue weighted by Gasteiger charge is 2.30. The number of rotatable bonds is 9. The van der Waals surface area contributed by atoms with E-state index in [1.54, 1.807) is 18.3 Å². The maximum absolute atomic E-state index is 13.1. The number of carbonyl (C=O) groups is 2. The summed E-state index contributed by atoms with van der Waals surface area (Å²) in [6, 6.07) is 11.8. The smallest absolute Gasteiger partial charge is 0.267 e. The molecule has 0 unspecified atom stereocenters. The van der Waals surface area contributed by atoms with Crippen molar-refractivity contribution < 1.29 is 14.3 Å². The van der Waals surface area contributed by atoms with E-state index in [9.17, 15) is 9.59 Å². The highest BCUT2D eigenvalue weighted by atomic mass is 32.1. The van der Waals surface area contributed by atoms with Gasteiger partial charge in [0.1, 0.15) is 10.8 Å². The van der Waals surface area contributed by atoms with Crippen LogP contribution in [0.25, 0.3) is 21.5 Å². The maximum Gasteiger partial charge on any atom is 0.267 e. The van der Waals surface area contributed by atoms with Gasteiger partial charge in [-0.15, -0.1) is 11.3 Å². The Balaban J connectivity index is 1.13. The van der Waals surface area contributed by atoms with Crippen molar-refractivity contribution in [2.75, 3.05) is 30.8 Å². The van der Waals surface area contributed by atoms with Crippen LogP contribution in [0.15, 0.2) is 42.6 Å². The monoisotopic (exact) mass is 542 g/mol. The number of pyridine rings is 2. The molecule has 0 bridgehead atoms. The average molecular weight is 543 g/mol. The molecule has 1 saturated carbocycles. The van der Waals surface area contributed by atoms with Crippen molar-refractivity contribution in [3.8, 4) is 16.5 Å². The van der Waals surface area contributed by atoms with E-state index in [-0.39, 0.29) is 23.6 Å². The molecule has 200 valence electrons. The van der Waals surface area contributed by atoms with Gasteiger partial charge in [-0.2, -0.15) is 0 Å².